The number of benzene rings is 2. The normalized spacial score (nSPS) is 10.5. The summed E-state index contributed by atoms with van der Waals surface area (Å²) >= 11 is 0. The van der Waals surface area contributed by atoms with Gasteiger partial charge in [-0.1, -0.05) is 42.5 Å². The molecule has 0 bridgehead atoms. The van der Waals surface area contributed by atoms with Crippen molar-refractivity contribution in [3.63, 3.8) is 0 Å². The molecule has 0 aliphatic carbocycles. The molecule has 0 fully saturated rings. The quantitative estimate of drug-likeness (QED) is 0.453. The maximum Gasteiger partial charge on any atom is 0.222 e. The van der Waals surface area contributed by atoms with Crippen molar-refractivity contribution < 1.29 is 14.3 Å². The van der Waals surface area contributed by atoms with Crippen LogP contribution in [0.4, 0.5) is 0 Å². The highest BCUT2D eigenvalue weighted by Crippen LogP contribution is 2.28. The third-order valence-electron chi connectivity index (χ3n) is 5.24. The predicted molar refractivity (Wildman–Crippen MR) is 122 cm³/mol. The van der Waals surface area contributed by atoms with Crippen molar-refractivity contribution in [1.29, 1.82) is 0 Å². The second-order valence-corrected chi connectivity index (χ2v) is 7.41. The summed E-state index contributed by atoms with van der Waals surface area (Å²) in [4.78, 5) is 19.4. The molecule has 0 saturated carbocycles. The third-order valence-corrected chi connectivity index (χ3v) is 5.24. The average molecular weight is 419 g/mol. The Morgan fingerprint density at radius 2 is 1.65 bits per heavy atom. The van der Waals surface area contributed by atoms with E-state index in [1.807, 2.05) is 59.5 Å². The van der Waals surface area contributed by atoms with Crippen molar-refractivity contribution in [1.82, 2.24) is 9.88 Å². The first-order valence-electron chi connectivity index (χ1n) is 10.6. The minimum atomic E-state index is 0.154. The molecular formula is C26H30N2O3. The Bertz CT molecular complexity index is 945. The topological polar surface area (TPSA) is 51.7 Å². The first kappa shape index (κ1) is 22.3. The summed E-state index contributed by atoms with van der Waals surface area (Å²) in [5, 5.41) is 0. The Labute approximate surface area is 184 Å². The number of methoxy groups -OCH3 is 2. The summed E-state index contributed by atoms with van der Waals surface area (Å²) in [7, 11) is 3.24. The summed E-state index contributed by atoms with van der Waals surface area (Å²) in [6, 6.07) is 22.0. The van der Waals surface area contributed by atoms with E-state index in [4.69, 9.17) is 9.47 Å². The Morgan fingerprint density at radius 3 is 2.35 bits per heavy atom. The molecule has 3 aromatic rings. The Kier molecular flexibility index (Phi) is 8.47. The highest BCUT2D eigenvalue weighted by Gasteiger charge is 2.16. The standard InChI is InChI=1S/C26H30N2O3/c1-30-24-15-14-22(19-25(24)31-2)20-28(18-16-23-12-6-7-17-27-23)26(29)13-8-11-21-9-4-3-5-10-21/h3-7,9-10,12,14-15,17,19H,8,11,13,16,18,20H2,1-2H3. The molecule has 5 nitrogen and oxygen atoms in total. The van der Waals surface area contributed by atoms with Gasteiger partial charge in [-0.15, -0.1) is 0 Å². The minimum Gasteiger partial charge on any atom is -0.493 e. The van der Waals surface area contributed by atoms with Gasteiger partial charge < -0.3 is 14.4 Å². The zero-order valence-electron chi connectivity index (χ0n) is 18.3. The summed E-state index contributed by atoms with van der Waals surface area (Å²) in [6.45, 7) is 1.15. The predicted octanol–water partition coefficient (Wildman–Crippen LogP) is 4.69. The number of amides is 1. The van der Waals surface area contributed by atoms with Crippen molar-refractivity contribution in [2.75, 3.05) is 20.8 Å². The van der Waals surface area contributed by atoms with Gasteiger partial charge in [-0.2, -0.15) is 0 Å². The fourth-order valence-corrected chi connectivity index (χ4v) is 3.53. The van der Waals surface area contributed by atoms with Gasteiger partial charge in [0.05, 0.1) is 14.2 Å². The van der Waals surface area contributed by atoms with E-state index >= 15 is 0 Å². The summed E-state index contributed by atoms with van der Waals surface area (Å²) in [6.07, 6.45) is 4.75. The lowest BCUT2D eigenvalue weighted by atomic mass is 10.1. The number of hydrogen-bond acceptors (Lipinski definition) is 4. The molecule has 0 saturated heterocycles. The number of aromatic nitrogens is 1. The molecule has 3 rings (SSSR count). The van der Waals surface area contributed by atoms with Gasteiger partial charge in [0.2, 0.25) is 5.91 Å². The molecule has 1 aromatic heterocycles. The maximum absolute atomic E-state index is 13.1. The number of carbonyl (C=O) groups excluding carboxylic acids is 1. The number of ether oxygens (including phenoxy) is 2. The van der Waals surface area contributed by atoms with Gasteiger partial charge in [-0.05, 0) is 48.2 Å². The van der Waals surface area contributed by atoms with E-state index in [9.17, 15) is 4.79 Å². The van der Waals surface area contributed by atoms with Gasteiger partial charge in [0.1, 0.15) is 0 Å². The average Bonchev–Trinajstić information content (AvgIpc) is 2.82. The molecule has 0 unspecified atom stereocenters. The number of carbonyl (C=O) groups is 1. The van der Waals surface area contributed by atoms with Crippen LogP contribution >= 0.6 is 0 Å². The SMILES string of the molecule is COc1ccc(CN(CCc2ccccn2)C(=O)CCCc2ccccc2)cc1OC. The zero-order chi connectivity index (χ0) is 21.9. The lowest BCUT2D eigenvalue weighted by Gasteiger charge is -2.23. The maximum atomic E-state index is 13.1. The van der Waals surface area contributed by atoms with Crippen LogP contribution in [0.3, 0.4) is 0 Å². The first-order valence-corrected chi connectivity index (χ1v) is 10.6. The summed E-state index contributed by atoms with van der Waals surface area (Å²) in [5.41, 5.74) is 3.25. The zero-order valence-corrected chi connectivity index (χ0v) is 18.3. The monoisotopic (exact) mass is 418 g/mol. The van der Waals surface area contributed by atoms with E-state index in [2.05, 4.69) is 17.1 Å². The summed E-state index contributed by atoms with van der Waals surface area (Å²) in [5.74, 6) is 1.50. The van der Waals surface area contributed by atoms with Crippen LogP contribution in [0.2, 0.25) is 0 Å². The van der Waals surface area contributed by atoms with E-state index in [1.54, 1.807) is 20.4 Å². The van der Waals surface area contributed by atoms with Crippen molar-refractivity contribution in [3.05, 3.63) is 89.7 Å². The molecule has 5 heteroatoms. The van der Waals surface area contributed by atoms with Gasteiger partial charge >= 0.3 is 0 Å². The van der Waals surface area contributed by atoms with Crippen molar-refractivity contribution >= 4 is 5.91 Å². The van der Waals surface area contributed by atoms with Crippen LogP contribution in [-0.2, 0) is 24.2 Å². The highest BCUT2D eigenvalue weighted by atomic mass is 16.5. The molecule has 162 valence electrons. The van der Waals surface area contributed by atoms with E-state index in [0.717, 1.165) is 30.5 Å². The molecule has 0 spiro atoms. The molecule has 0 N–H and O–H groups in total. The molecule has 1 amide bonds. The Morgan fingerprint density at radius 1 is 0.871 bits per heavy atom. The lowest BCUT2D eigenvalue weighted by Crippen LogP contribution is -2.32. The molecular weight excluding hydrogens is 388 g/mol. The van der Waals surface area contributed by atoms with Crippen LogP contribution in [0.1, 0.15) is 29.7 Å². The Hall–Kier alpha value is -3.34. The second kappa shape index (κ2) is 11.7. The van der Waals surface area contributed by atoms with E-state index < -0.39 is 0 Å². The molecule has 1 heterocycles. The number of nitrogens with zero attached hydrogens (tertiary/aromatic N) is 2. The van der Waals surface area contributed by atoms with Crippen LogP contribution in [-0.4, -0.2) is 36.6 Å². The smallest absolute Gasteiger partial charge is 0.222 e. The second-order valence-electron chi connectivity index (χ2n) is 7.41. The third kappa shape index (κ3) is 6.85. The lowest BCUT2D eigenvalue weighted by molar-refractivity contribution is -0.131. The number of rotatable bonds is 11. The van der Waals surface area contributed by atoms with Crippen LogP contribution in [0.5, 0.6) is 11.5 Å². The highest BCUT2D eigenvalue weighted by molar-refractivity contribution is 5.76. The number of aryl methyl sites for hydroxylation is 1. The number of pyridine rings is 1. The van der Waals surface area contributed by atoms with Gasteiger partial charge in [-0.3, -0.25) is 9.78 Å². The fraction of sp³-hybridized carbons (Fsp3) is 0.308. The molecule has 0 aliphatic heterocycles. The van der Waals surface area contributed by atoms with Crippen LogP contribution in [0.25, 0.3) is 0 Å². The molecule has 0 aliphatic rings. The van der Waals surface area contributed by atoms with Crippen molar-refractivity contribution in [3.8, 4) is 11.5 Å². The molecule has 31 heavy (non-hydrogen) atoms. The minimum absolute atomic E-state index is 0.154. The molecule has 2 aromatic carbocycles. The van der Waals surface area contributed by atoms with Gasteiger partial charge in [0.15, 0.2) is 11.5 Å². The van der Waals surface area contributed by atoms with E-state index in [0.29, 0.717) is 31.0 Å². The van der Waals surface area contributed by atoms with Gasteiger partial charge in [0, 0.05) is 37.8 Å². The fourth-order valence-electron chi connectivity index (χ4n) is 3.53. The van der Waals surface area contributed by atoms with Gasteiger partial charge in [-0.25, -0.2) is 0 Å². The Balaban J connectivity index is 1.66. The van der Waals surface area contributed by atoms with E-state index in [-0.39, 0.29) is 5.91 Å². The van der Waals surface area contributed by atoms with Crippen LogP contribution in [0, 0.1) is 0 Å². The first-order chi connectivity index (χ1) is 15.2. The number of hydrogen-bond donors (Lipinski definition) is 0. The van der Waals surface area contributed by atoms with Crippen LogP contribution in [0.15, 0.2) is 72.9 Å². The van der Waals surface area contributed by atoms with Gasteiger partial charge in [0.25, 0.3) is 0 Å². The van der Waals surface area contributed by atoms with Crippen LogP contribution < -0.4 is 9.47 Å². The largest absolute Gasteiger partial charge is 0.493 e. The molecule has 0 atom stereocenters. The van der Waals surface area contributed by atoms with Crippen molar-refractivity contribution in [2.24, 2.45) is 0 Å². The summed E-state index contributed by atoms with van der Waals surface area (Å²) < 4.78 is 10.8. The molecule has 0 radical (unpaired) electrons. The van der Waals surface area contributed by atoms with E-state index in [1.165, 1.54) is 5.56 Å². The van der Waals surface area contributed by atoms with Crippen molar-refractivity contribution in [2.45, 2.75) is 32.2 Å².